The van der Waals surface area contributed by atoms with Crippen molar-refractivity contribution in [1.29, 1.82) is 0 Å². The van der Waals surface area contributed by atoms with Gasteiger partial charge in [-0.1, -0.05) is 8.11 Å². The number of carbonyl (C=O) groups excluding carboxylic acids is 1. The van der Waals surface area contributed by atoms with Crippen LogP contribution in [-0.2, 0) is 25.0 Å². The van der Waals surface area contributed by atoms with Crippen LogP contribution in [0.25, 0.3) is 0 Å². The maximum atomic E-state index is 11.3. The smallest absolute Gasteiger partial charge is 0.211 e. The fourth-order valence-corrected chi connectivity index (χ4v) is 4.31. The van der Waals surface area contributed by atoms with Crippen molar-refractivity contribution < 1.29 is 21.6 Å². The third-order valence-electron chi connectivity index (χ3n) is 1.71. The lowest BCUT2D eigenvalue weighted by atomic mass is 10.3. The van der Waals surface area contributed by atoms with E-state index in [1.54, 1.807) is 0 Å². The van der Waals surface area contributed by atoms with Gasteiger partial charge >= 0.3 is 10.2 Å². The Bertz CT molecular complexity index is 458. The van der Waals surface area contributed by atoms with Gasteiger partial charge in [-0.15, -0.1) is 0 Å². The predicted molar refractivity (Wildman–Crippen MR) is 46.8 cm³/mol. The van der Waals surface area contributed by atoms with Crippen molar-refractivity contribution in [3.8, 4) is 0 Å². The maximum Gasteiger partial charge on any atom is 0.345 e. The van der Waals surface area contributed by atoms with Gasteiger partial charge in [-0.3, -0.25) is 0 Å². The second-order valence-electron chi connectivity index (χ2n) is 2.68. The molecule has 1 rings (SSSR count). The highest BCUT2D eigenvalue weighted by atomic mass is 32.3. The van der Waals surface area contributed by atoms with Crippen LogP contribution in [0.2, 0.25) is 0 Å². The standard InChI is InChI=1S/C5H8N2O5S2/c8-5-6-14(11,12)7-3-1-2-4-13(7,9)10/h1-4H2. The van der Waals surface area contributed by atoms with E-state index in [4.69, 9.17) is 0 Å². The summed E-state index contributed by atoms with van der Waals surface area (Å²) in [6.07, 6.45) is 1.68. The summed E-state index contributed by atoms with van der Waals surface area (Å²) in [7, 11) is -8.22. The fraction of sp³-hybridized carbons (Fsp3) is 0.800. The molecule has 0 bridgehead atoms. The van der Waals surface area contributed by atoms with Gasteiger partial charge in [0, 0.05) is 6.54 Å². The largest absolute Gasteiger partial charge is 0.345 e. The first-order valence-corrected chi connectivity index (χ1v) is 6.75. The van der Waals surface area contributed by atoms with Crippen molar-refractivity contribution in [2.45, 2.75) is 12.8 Å². The van der Waals surface area contributed by atoms with Crippen molar-refractivity contribution in [2.75, 3.05) is 12.3 Å². The van der Waals surface area contributed by atoms with Crippen molar-refractivity contribution in [3.05, 3.63) is 0 Å². The average Bonchev–Trinajstić information content (AvgIpc) is 2.02. The first-order chi connectivity index (χ1) is 6.40. The highest BCUT2D eigenvalue weighted by Gasteiger charge is 2.35. The highest BCUT2D eigenvalue weighted by Crippen LogP contribution is 2.18. The second-order valence-corrected chi connectivity index (χ2v) is 6.44. The van der Waals surface area contributed by atoms with Crippen molar-refractivity contribution in [2.24, 2.45) is 4.40 Å². The molecule has 0 amide bonds. The summed E-state index contributed by atoms with van der Waals surface area (Å²) in [5.74, 6) is -0.236. The van der Waals surface area contributed by atoms with Gasteiger partial charge in [-0.25, -0.2) is 13.2 Å². The first kappa shape index (κ1) is 11.3. The SMILES string of the molecule is O=C=NS(=O)(=O)N1CCCCS1(=O)=O. The van der Waals surface area contributed by atoms with Gasteiger partial charge in [0.05, 0.1) is 5.75 Å². The van der Waals surface area contributed by atoms with E-state index in [9.17, 15) is 21.6 Å². The number of nitrogens with zero attached hydrogens (tertiary/aromatic N) is 2. The van der Waals surface area contributed by atoms with Crippen LogP contribution < -0.4 is 0 Å². The molecule has 0 atom stereocenters. The number of rotatable bonds is 2. The van der Waals surface area contributed by atoms with E-state index in [1.165, 1.54) is 0 Å². The number of hydrogen-bond donors (Lipinski definition) is 0. The zero-order chi connectivity index (χ0) is 10.8. The Labute approximate surface area is 81.7 Å². The Hall–Kier alpha value is -0.760. The van der Waals surface area contributed by atoms with E-state index >= 15 is 0 Å². The van der Waals surface area contributed by atoms with E-state index in [0.717, 1.165) is 6.08 Å². The van der Waals surface area contributed by atoms with Crippen molar-refractivity contribution in [1.82, 2.24) is 3.71 Å². The van der Waals surface area contributed by atoms with Crippen LogP contribution in [-0.4, -0.2) is 38.9 Å². The molecule has 1 fully saturated rings. The number of sulfonamides is 1. The van der Waals surface area contributed by atoms with Gasteiger partial charge in [0.25, 0.3) is 6.08 Å². The lowest BCUT2D eigenvalue weighted by molar-refractivity contribution is 0.470. The molecule has 1 aliphatic rings. The molecule has 0 aromatic carbocycles. The molecule has 80 valence electrons. The zero-order valence-corrected chi connectivity index (χ0v) is 8.71. The Kier molecular flexibility index (Phi) is 3.05. The fourth-order valence-electron chi connectivity index (χ4n) is 1.12. The van der Waals surface area contributed by atoms with Gasteiger partial charge in [-0.2, -0.15) is 8.42 Å². The molecule has 14 heavy (non-hydrogen) atoms. The molecule has 0 aliphatic carbocycles. The third kappa shape index (κ3) is 2.18. The first-order valence-electron chi connectivity index (χ1n) is 3.75. The van der Waals surface area contributed by atoms with Crippen LogP contribution in [0, 0.1) is 0 Å². The molecule has 7 nitrogen and oxygen atoms in total. The second kappa shape index (κ2) is 3.77. The summed E-state index contributed by atoms with van der Waals surface area (Å²) >= 11 is 0. The van der Waals surface area contributed by atoms with E-state index < -0.39 is 20.2 Å². The van der Waals surface area contributed by atoms with Crippen molar-refractivity contribution >= 4 is 26.3 Å². The van der Waals surface area contributed by atoms with Crippen LogP contribution in [0.4, 0.5) is 0 Å². The van der Waals surface area contributed by atoms with Crippen LogP contribution in [0.5, 0.6) is 0 Å². The van der Waals surface area contributed by atoms with Gasteiger partial charge in [0.2, 0.25) is 10.0 Å². The van der Waals surface area contributed by atoms with E-state index in [2.05, 4.69) is 4.40 Å². The lowest BCUT2D eigenvalue weighted by Crippen LogP contribution is -2.41. The summed E-state index contributed by atoms with van der Waals surface area (Å²) in [6, 6.07) is 0. The van der Waals surface area contributed by atoms with Crippen LogP contribution in [0.3, 0.4) is 0 Å². The molecular formula is C5H8N2O5S2. The zero-order valence-electron chi connectivity index (χ0n) is 7.08. The Morgan fingerprint density at radius 3 is 2.43 bits per heavy atom. The Morgan fingerprint density at radius 2 is 1.93 bits per heavy atom. The predicted octanol–water partition coefficient (Wildman–Crippen LogP) is -1.01. The van der Waals surface area contributed by atoms with E-state index in [-0.39, 0.29) is 16.0 Å². The van der Waals surface area contributed by atoms with Gasteiger partial charge in [0.1, 0.15) is 0 Å². The van der Waals surface area contributed by atoms with Crippen LogP contribution >= 0.6 is 0 Å². The minimum atomic E-state index is -4.39. The molecule has 0 spiro atoms. The summed E-state index contributed by atoms with van der Waals surface area (Å²) < 4.78 is 47.5. The van der Waals surface area contributed by atoms with Crippen LogP contribution in [0.1, 0.15) is 12.8 Å². The molecule has 1 saturated heterocycles. The molecular weight excluding hydrogens is 232 g/mol. The topological polar surface area (TPSA) is 101 Å². The minimum Gasteiger partial charge on any atom is -0.211 e. The molecule has 0 aromatic heterocycles. The Morgan fingerprint density at radius 1 is 1.29 bits per heavy atom. The normalized spacial score (nSPS) is 22.6. The van der Waals surface area contributed by atoms with Gasteiger partial charge in [-0.05, 0) is 12.8 Å². The number of hydrogen-bond acceptors (Lipinski definition) is 5. The van der Waals surface area contributed by atoms with Gasteiger partial charge in [0.15, 0.2) is 0 Å². The lowest BCUT2D eigenvalue weighted by Gasteiger charge is -2.22. The minimum absolute atomic E-state index is 0.157. The summed E-state index contributed by atoms with van der Waals surface area (Å²) in [6.45, 7) is -0.157. The molecule has 0 saturated carbocycles. The van der Waals surface area contributed by atoms with Crippen molar-refractivity contribution in [3.63, 3.8) is 0 Å². The quantitative estimate of drug-likeness (QED) is 0.455. The van der Waals surface area contributed by atoms with Crippen LogP contribution in [0.15, 0.2) is 4.40 Å². The average molecular weight is 240 g/mol. The molecule has 0 radical (unpaired) electrons. The summed E-state index contributed by atoms with van der Waals surface area (Å²) in [5, 5.41) is 0. The van der Waals surface area contributed by atoms with Gasteiger partial charge < -0.3 is 0 Å². The van der Waals surface area contributed by atoms with E-state index in [0.29, 0.717) is 12.8 Å². The monoisotopic (exact) mass is 240 g/mol. The Balaban J connectivity index is 3.15. The third-order valence-corrected chi connectivity index (χ3v) is 5.57. The molecule has 9 heteroatoms. The highest BCUT2D eigenvalue weighted by molar-refractivity contribution is 8.03. The molecule has 0 unspecified atom stereocenters. The summed E-state index contributed by atoms with van der Waals surface area (Å²) in [5.41, 5.74) is 0. The van der Waals surface area contributed by atoms with E-state index in [1.807, 2.05) is 0 Å². The molecule has 0 aromatic rings. The molecule has 0 N–H and O–H groups in total. The molecule has 1 aliphatic heterocycles. The number of isocyanates is 1. The molecule has 1 heterocycles. The summed E-state index contributed by atoms with van der Waals surface area (Å²) in [4.78, 5) is 9.78. The maximum absolute atomic E-state index is 11.3.